The molecule has 2 heterocycles. The summed E-state index contributed by atoms with van der Waals surface area (Å²) in [4.78, 5) is 44.3. The number of hydrogen-bond acceptors (Lipinski definition) is 11. The van der Waals surface area contributed by atoms with Gasteiger partial charge in [0.1, 0.15) is 12.4 Å². The van der Waals surface area contributed by atoms with Crippen molar-refractivity contribution in [1.29, 1.82) is 0 Å². The number of benzene rings is 3. The Balaban J connectivity index is 1.07. The molecule has 3 aromatic carbocycles. The summed E-state index contributed by atoms with van der Waals surface area (Å²) in [6.45, 7) is 0.724. The number of halogens is 1. The van der Waals surface area contributed by atoms with E-state index in [9.17, 15) is 19.7 Å². The second kappa shape index (κ2) is 13.5. The van der Waals surface area contributed by atoms with Crippen LogP contribution in [0.15, 0.2) is 69.3 Å². The molecule has 210 valence electrons. The first-order chi connectivity index (χ1) is 19.8. The van der Waals surface area contributed by atoms with Gasteiger partial charge in [-0.15, -0.1) is 22.7 Å². The highest BCUT2D eigenvalue weighted by atomic mass is 35.5. The Kier molecular flexibility index (Phi) is 9.57. The van der Waals surface area contributed by atoms with Crippen LogP contribution in [-0.2, 0) is 9.59 Å². The summed E-state index contributed by atoms with van der Waals surface area (Å²) < 4.78 is 8.57. The van der Waals surface area contributed by atoms with Gasteiger partial charge in [0.15, 0.2) is 8.68 Å². The first kappa shape index (κ1) is 29.1. The highest BCUT2D eigenvalue weighted by molar-refractivity contribution is 8.02. The van der Waals surface area contributed by atoms with Crippen LogP contribution in [-0.4, -0.2) is 51.4 Å². The van der Waals surface area contributed by atoms with E-state index < -0.39 is 4.92 Å². The Morgan fingerprint density at radius 3 is 2.22 bits per heavy atom. The number of aromatic nitrogens is 2. The molecule has 0 aliphatic carbocycles. The van der Waals surface area contributed by atoms with Crippen LogP contribution in [0.4, 0.5) is 11.4 Å². The second-order valence-electron chi connectivity index (χ2n) is 8.33. The highest BCUT2D eigenvalue weighted by Crippen LogP contribution is 2.33. The second-order valence-corrected chi connectivity index (χ2v) is 13.3. The normalized spacial score (nSPS) is 11.0. The van der Waals surface area contributed by atoms with Crippen molar-refractivity contribution in [2.75, 3.05) is 30.0 Å². The van der Waals surface area contributed by atoms with E-state index in [-0.39, 0.29) is 29.0 Å². The lowest BCUT2D eigenvalue weighted by Crippen LogP contribution is -2.29. The van der Waals surface area contributed by atoms with Gasteiger partial charge in [0.25, 0.3) is 5.69 Å². The van der Waals surface area contributed by atoms with E-state index in [1.54, 1.807) is 36.4 Å². The zero-order valence-electron chi connectivity index (χ0n) is 21.0. The van der Waals surface area contributed by atoms with Crippen LogP contribution >= 0.6 is 57.8 Å². The minimum absolute atomic E-state index is 0.00929. The van der Waals surface area contributed by atoms with Gasteiger partial charge >= 0.3 is 0 Å². The van der Waals surface area contributed by atoms with Crippen molar-refractivity contribution in [2.24, 2.45) is 0 Å². The molecule has 5 aromatic rings. The number of hydrogen-bond donors (Lipinski definition) is 2. The number of non-ortho nitro benzene ring substituents is 1. The Hall–Kier alpha value is -3.43. The molecule has 0 bridgehead atoms. The molecule has 0 aliphatic heterocycles. The number of carbonyl (C=O) groups is 2. The number of nitrogens with zero attached hydrogens (tertiary/aromatic N) is 3. The minimum atomic E-state index is -0.444. The summed E-state index contributed by atoms with van der Waals surface area (Å²) in [6.07, 6.45) is 0. The van der Waals surface area contributed by atoms with Crippen molar-refractivity contribution in [3.8, 4) is 5.75 Å². The van der Waals surface area contributed by atoms with Gasteiger partial charge in [-0.3, -0.25) is 19.7 Å². The molecule has 0 unspecified atom stereocenters. The summed E-state index contributed by atoms with van der Waals surface area (Å²) in [5.41, 5.74) is 2.09. The number of rotatable bonds is 12. The molecule has 15 heteroatoms. The first-order valence-corrected chi connectivity index (χ1v) is 16.0. The number of anilines is 1. The molecule has 0 aliphatic rings. The van der Waals surface area contributed by atoms with Crippen molar-refractivity contribution in [1.82, 2.24) is 15.3 Å². The number of thiazole rings is 2. The first-order valence-electron chi connectivity index (χ1n) is 12.0. The van der Waals surface area contributed by atoms with E-state index >= 15 is 0 Å². The van der Waals surface area contributed by atoms with Crippen LogP contribution in [0.2, 0.25) is 5.02 Å². The van der Waals surface area contributed by atoms with Crippen molar-refractivity contribution < 1.29 is 19.2 Å². The van der Waals surface area contributed by atoms with Crippen LogP contribution in [0.25, 0.3) is 20.4 Å². The maximum atomic E-state index is 12.5. The number of thioether (sulfide) groups is 2. The smallest absolute Gasteiger partial charge is 0.270 e. The molecule has 0 saturated heterocycles. The van der Waals surface area contributed by atoms with E-state index in [0.29, 0.717) is 44.2 Å². The Labute approximate surface area is 255 Å². The van der Waals surface area contributed by atoms with Crippen LogP contribution in [0.3, 0.4) is 0 Å². The molecule has 2 amide bonds. The standard InChI is InChI=1S/C26H20ClN5O5S4/c27-15-1-5-18(6-2-15)37-10-9-28-23(33)13-38-25-30-19-7-3-16(11-21(19)40-25)29-24(34)14-39-26-31-20-8-4-17(32(35)36)12-22(20)41-26/h1-8,11-12H,9-10,13-14H2,(H,28,33)(H,29,34). The van der Waals surface area contributed by atoms with Crippen molar-refractivity contribution in [3.63, 3.8) is 0 Å². The molecule has 0 spiro atoms. The monoisotopic (exact) mass is 645 g/mol. The van der Waals surface area contributed by atoms with E-state index in [1.165, 1.54) is 58.3 Å². The van der Waals surface area contributed by atoms with Crippen LogP contribution in [0.5, 0.6) is 5.75 Å². The van der Waals surface area contributed by atoms with Gasteiger partial charge in [-0.05, 0) is 48.5 Å². The zero-order chi connectivity index (χ0) is 28.8. The number of nitrogens with one attached hydrogen (secondary N) is 2. The number of amides is 2. The third-order valence-corrected chi connectivity index (χ3v) is 9.95. The quantitative estimate of drug-likeness (QED) is 0.0675. The summed E-state index contributed by atoms with van der Waals surface area (Å²) in [5, 5.41) is 17.3. The van der Waals surface area contributed by atoms with E-state index in [2.05, 4.69) is 20.6 Å². The molecule has 2 N–H and O–H groups in total. The lowest BCUT2D eigenvalue weighted by molar-refractivity contribution is -0.384. The minimum Gasteiger partial charge on any atom is -0.492 e. The average Bonchev–Trinajstić information content (AvgIpc) is 3.56. The molecule has 0 fully saturated rings. The summed E-state index contributed by atoms with van der Waals surface area (Å²) in [5.74, 6) is 0.732. The average molecular weight is 646 g/mol. The molecular weight excluding hydrogens is 626 g/mol. The fourth-order valence-corrected chi connectivity index (χ4v) is 7.47. The summed E-state index contributed by atoms with van der Waals surface area (Å²) >= 11 is 11.2. The maximum absolute atomic E-state index is 12.5. The van der Waals surface area contributed by atoms with Gasteiger partial charge in [0, 0.05) is 22.8 Å². The number of fused-ring (bicyclic) bond motifs is 2. The molecule has 0 atom stereocenters. The fourth-order valence-electron chi connectivity index (χ4n) is 3.50. The Morgan fingerprint density at radius 1 is 0.902 bits per heavy atom. The summed E-state index contributed by atoms with van der Waals surface area (Å²) in [7, 11) is 0. The van der Waals surface area contributed by atoms with E-state index in [4.69, 9.17) is 16.3 Å². The number of carbonyl (C=O) groups excluding carboxylic acids is 2. The Morgan fingerprint density at radius 2 is 1.54 bits per heavy atom. The van der Waals surface area contributed by atoms with Crippen molar-refractivity contribution in [2.45, 2.75) is 8.68 Å². The van der Waals surface area contributed by atoms with E-state index in [0.717, 1.165) is 14.6 Å². The number of ether oxygens (including phenoxy) is 1. The maximum Gasteiger partial charge on any atom is 0.270 e. The Bertz CT molecular complexity index is 1730. The third kappa shape index (κ3) is 8.07. The lowest BCUT2D eigenvalue weighted by Gasteiger charge is -2.07. The van der Waals surface area contributed by atoms with Crippen molar-refractivity contribution >= 4 is 101 Å². The van der Waals surface area contributed by atoms with Crippen LogP contribution in [0, 0.1) is 10.1 Å². The predicted octanol–water partition coefficient (Wildman–Crippen LogP) is 6.49. The third-order valence-electron chi connectivity index (χ3n) is 5.38. The van der Waals surface area contributed by atoms with Gasteiger partial charge in [0.2, 0.25) is 11.8 Å². The van der Waals surface area contributed by atoms with Crippen molar-refractivity contribution in [3.05, 3.63) is 75.8 Å². The molecule has 10 nitrogen and oxygen atoms in total. The molecule has 41 heavy (non-hydrogen) atoms. The number of nitro benzene ring substituents is 1. The molecule has 2 aromatic heterocycles. The van der Waals surface area contributed by atoms with Gasteiger partial charge < -0.3 is 15.4 Å². The summed E-state index contributed by atoms with van der Waals surface area (Å²) in [6, 6.07) is 17.0. The lowest BCUT2D eigenvalue weighted by atomic mass is 10.3. The van der Waals surface area contributed by atoms with Gasteiger partial charge in [0.05, 0.1) is 43.4 Å². The zero-order valence-corrected chi connectivity index (χ0v) is 25.0. The van der Waals surface area contributed by atoms with Gasteiger partial charge in [-0.2, -0.15) is 0 Å². The van der Waals surface area contributed by atoms with E-state index in [1.807, 2.05) is 12.1 Å². The highest BCUT2D eigenvalue weighted by Gasteiger charge is 2.13. The van der Waals surface area contributed by atoms with Crippen LogP contribution in [0.1, 0.15) is 0 Å². The predicted molar refractivity (Wildman–Crippen MR) is 166 cm³/mol. The number of nitro groups is 1. The molecule has 0 saturated carbocycles. The molecule has 0 radical (unpaired) electrons. The largest absolute Gasteiger partial charge is 0.492 e. The fraction of sp³-hybridized carbons (Fsp3) is 0.154. The van der Waals surface area contributed by atoms with Crippen LogP contribution < -0.4 is 15.4 Å². The van der Waals surface area contributed by atoms with Gasteiger partial charge in [-0.1, -0.05) is 35.1 Å². The molecule has 5 rings (SSSR count). The SMILES string of the molecule is O=C(CSc1nc2ccc(NC(=O)CSc3nc4ccc([N+](=O)[O-])cc4s3)cc2s1)NCCOc1ccc(Cl)cc1. The van der Waals surface area contributed by atoms with Gasteiger partial charge in [-0.25, -0.2) is 9.97 Å². The topological polar surface area (TPSA) is 136 Å². The molecular formula is C26H20ClN5O5S4.